The summed E-state index contributed by atoms with van der Waals surface area (Å²) in [5.41, 5.74) is 0. The number of halogens is 2. The van der Waals surface area contributed by atoms with Gasteiger partial charge in [0.15, 0.2) is 0 Å². The molecule has 0 nitrogen and oxygen atoms in total. The van der Waals surface area contributed by atoms with Gasteiger partial charge in [-0.05, 0) is 0 Å². The van der Waals surface area contributed by atoms with Crippen LogP contribution in [0.5, 0.6) is 0 Å². The molecular weight excluding hydrogens is 479 g/mol. The molecule has 3 heteroatoms. The number of rotatable bonds is 8. The van der Waals surface area contributed by atoms with E-state index in [1.807, 2.05) is 0 Å². The van der Waals surface area contributed by atoms with Crippen molar-refractivity contribution in [3.63, 3.8) is 0 Å². The Bertz CT molecular complexity index is 761. The van der Waals surface area contributed by atoms with Crippen molar-refractivity contribution in [2.24, 2.45) is 0 Å². The number of hydrogen-bond acceptors (Lipinski definition) is 0. The number of alkyl halides is 1. The van der Waals surface area contributed by atoms with Crippen molar-refractivity contribution in [2.75, 3.05) is 11.5 Å². The van der Waals surface area contributed by atoms with Gasteiger partial charge in [0, 0.05) is 0 Å². The molecule has 0 aliphatic carbocycles. The van der Waals surface area contributed by atoms with Crippen molar-refractivity contribution in [3.05, 3.63) is 103 Å². The first kappa shape index (κ1) is 20.5. The van der Waals surface area contributed by atoms with Crippen molar-refractivity contribution < 1.29 is 0 Å². The van der Waals surface area contributed by atoms with E-state index in [-0.39, 0.29) is 0 Å². The summed E-state index contributed by atoms with van der Waals surface area (Å²) >= 11 is 7.98. The van der Waals surface area contributed by atoms with Crippen LogP contribution in [-0.2, 0) is 0 Å². The van der Waals surface area contributed by atoms with E-state index in [0.29, 0.717) is 0 Å². The predicted octanol–water partition coefficient (Wildman–Crippen LogP) is 6.56. The van der Waals surface area contributed by atoms with Crippen molar-refractivity contribution >= 4 is 52.6 Å². The maximum absolute atomic E-state index is 4.46. The van der Waals surface area contributed by atoms with Gasteiger partial charge in [-0.25, -0.2) is 0 Å². The molecular formula is C24H25Br2P. The zero-order chi connectivity index (χ0) is 19.0. The molecule has 3 rings (SSSR count). The van der Waals surface area contributed by atoms with Gasteiger partial charge in [0.25, 0.3) is 0 Å². The Morgan fingerprint density at radius 2 is 1.04 bits per heavy atom. The molecule has 0 bridgehead atoms. The molecule has 27 heavy (non-hydrogen) atoms. The molecule has 0 aliphatic rings. The molecule has 0 aliphatic heterocycles. The van der Waals surface area contributed by atoms with Gasteiger partial charge >= 0.3 is 180 Å². The number of unbranched alkanes of at least 4 members (excludes halogenated alkanes) is 1. The Labute approximate surface area is 179 Å². The average molecular weight is 504 g/mol. The molecule has 0 atom stereocenters. The summed E-state index contributed by atoms with van der Waals surface area (Å²) in [6, 6.07) is 32.9. The van der Waals surface area contributed by atoms with Gasteiger partial charge in [-0.3, -0.25) is 0 Å². The van der Waals surface area contributed by atoms with E-state index in [1.165, 1.54) is 15.9 Å². The van der Waals surface area contributed by atoms with Crippen LogP contribution < -0.4 is 15.9 Å². The Morgan fingerprint density at radius 1 is 0.630 bits per heavy atom. The fourth-order valence-corrected chi connectivity index (χ4v) is 11.0. The Kier molecular flexibility index (Phi) is 7.09. The van der Waals surface area contributed by atoms with Gasteiger partial charge in [0.1, 0.15) is 0 Å². The molecule has 140 valence electrons. The summed E-state index contributed by atoms with van der Waals surface area (Å²) in [6.07, 6.45) is 7.94. The SMILES string of the molecule is BrCCCC=CCP(Br)(c1ccccc1)(c1ccccc1)c1ccccc1. The second-order valence-electron chi connectivity index (χ2n) is 6.67. The summed E-state index contributed by atoms with van der Waals surface area (Å²) < 4.78 is 0. The van der Waals surface area contributed by atoms with E-state index < -0.39 is 5.31 Å². The van der Waals surface area contributed by atoms with E-state index in [2.05, 4.69) is 135 Å². The van der Waals surface area contributed by atoms with Crippen LogP contribution in [0.2, 0.25) is 0 Å². The molecule has 0 N–H and O–H groups in total. The molecule has 0 spiro atoms. The normalized spacial score (nSPS) is 13.3. The monoisotopic (exact) mass is 502 g/mol. The van der Waals surface area contributed by atoms with Crippen LogP contribution in [0.4, 0.5) is 0 Å². The van der Waals surface area contributed by atoms with Gasteiger partial charge in [-0.1, -0.05) is 0 Å². The third-order valence-corrected chi connectivity index (χ3v) is 15.1. The minimum atomic E-state index is -2.78. The van der Waals surface area contributed by atoms with Gasteiger partial charge in [-0.15, -0.1) is 0 Å². The fourth-order valence-electron chi connectivity index (χ4n) is 3.57. The summed E-state index contributed by atoms with van der Waals surface area (Å²) in [4.78, 5) is 0. The summed E-state index contributed by atoms with van der Waals surface area (Å²) in [7, 11) is 0. The van der Waals surface area contributed by atoms with Crippen molar-refractivity contribution in [2.45, 2.75) is 12.8 Å². The topological polar surface area (TPSA) is 0 Å². The van der Waals surface area contributed by atoms with Crippen LogP contribution in [-0.4, -0.2) is 11.5 Å². The quantitative estimate of drug-likeness (QED) is 0.141. The van der Waals surface area contributed by atoms with E-state index in [0.717, 1.165) is 24.3 Å². The fraction of sp³-hybridized carbons (Fsp3) is 0.167. The molecule has 3 aromatic carbocycles. The van der Waals surface area contributed by atoms with Crippen LogP contribution in [0, 0.1) is 0 Å². The molecule has 0 unspecified atom stereocenters. The van der Waals surface area contributed by atoms with E-state index in [4.69, 9.17) is 0 Å². The maximum atomic E-state index is 4.46. The minimum absolute atomic E-state index is 0.964. The van der Waals surface area contributed by atoms with Gasteiger partial charge in [0.05, 0.1) is 0 Å². The average Bonchev–Trinajstić information content (AvgIpc) is 2.75. The first-order valence-corrected chi connectivity index (χ1v) is 14.9. The molecule has 0 saturated heterocycles. The zero-order valence-corrected chi connectivity index (χ0v) is 19.4. The zero-order valence-electron chi connectivity index (χ0n) is 15.3. The second kappa shape index (κ2) is 9.32. The number of hydrogen-bond donors (Lipinski definition) is 0. The molecule has 0 aromatic heterocycles. The predicted molar refractivity (Wildman–Crippen MR) is 131 cm³/mol. The van der Waals surface area contributed by atoms with Crippen LogP contribution in [0.15, 0.2) is 103 Å². The van der Waals surface area contributed by atoms with Crippen molar-refractivity contribution in [1.29, 1.82) is 0 Å². The molecule has 3 aromatic rings. The van der Waals surface area contributed by atoms with Gasteiger partial charge < -0.3 is 0 Å². The number of benzene rings is 3. The van der Waals surface area contributed by atoms with Crippen LogP contribution in [0.1, 0.15) is 12.8 Å². The standard InChI is InChI=1S/C24H25Br2P/c25-20-12-1-2-13-21-27(26,22-14-6-3-7-15-22,23-16-8-4-9-17-23)24-18-10-5-11-19-24/h2-11,13-19H,1,12,20-21H2. The Hall–Kier alpha value is -1.21. The van der Waals surface area contributed by atoms with Gasteiger partial charge in [0.2, 0.25) is 0 Å². The summed E-state index contributed by atoms with van der Waals surface area (Å²) in [6.45, 7) is 0. The van der Waals surface area contributed by atoms with E-state index >= 15 is 0 Å². The molecule has 0 radical (unpaired) electrons. The Balaban J connectivity index is 2.24. The summed E-state index contributed by atoms with van der Waals surface area (Å²) in [5, 5.41) is 2.37. The van der Waals surface area contributed by atoms with E-state index in [9.17, 15) is 0 Å². The van der Waals surface area contributed by atoms with Crippen LogP contribution in [0.25, 0.3) is 0 Å². The summed E-state index contributed by atoms with van der Waals surface area (Å²) in [5.74, 6) is 0. The first-order chi connectivity index (χ1) is 13.2. The third kappa shape index (κ3) is 4.14. The van der Waals surface area contributed by atoms with Gasteiger partial charge in [-0.2, -0.15) is 0 Å². The second-order valence-corrected chi connectivity index (χ2v) is 16.4. The molecule has 0 heterocycles. The van der Waals surface area contributed by atoms with Crippen LogP contribution in [0.3, 0.4) is 0 Å². The Morgan fingerprint density at radius 3 is 1.41 bits per heavy atom. The molecule has 0 amide bonds. The molecule has 0 fully saturated rings. The molecule has 0 saturated carbocycles. The number of allylic oxidation sites excluding steroid dienone is 2. The third-order valence-electron chi connectivity index (χ3n) is 5.00. The van der Waals surface area contributed by atoms with Crippen molar-refractivity contribution in [1.82, 2.24) is 0 Å². The van der Waals surface area contributed by atoms with Crippen LogP contribution >= 0.6 is 36.7 Å². The van der Waals surface area contributed by atoms with Crippen molar-refractivity contribution in [3.8, 4) is 0 Å². The first-order valence-electron chi connectivity index (χ1n) is 9.31. The van der Waals surface area contributed by atoms with E-state index in [1.54, 1.807) is 0 Å².